The summed E-state index contributed by atoms with van der Waals surface area (Å²) in [4.78, 5) is 20.3. The lowest BCUT2D eigenvalue weighted by molar-refractivity contribution is -0.390. The number of benzene rings is 1. The number of para-hydroxylation sites is 1. The zero-order valence-corrected chi connectivity index (χ0v) is 12.2. The van der Waals surface area contributed by atoms with Crippen molar-refractivity contribution < 1.29 is 27.3 Å². The average Bonchev–Trinajstić information content (AvgIpc) is 2.35. The van der Waals surface area contributed by atoms with E-state index in [2.05, 4.69) is 4.74 Å². The van der Waals surface area contributed by atoms with E-state index in [1.54, 1.807) is 0 Å². The molecule has 0 unspecified atom stereocenters. The van der Waals surface area contributed by atoms with Crippen LogP contribution in [0, 0.1) is 15.9 Å². The van der Waals surface area contributed by atoms with Crippen LogP contribution >= 0.6 is 0 Å². The van der Waals surface area contributed by atoms with E-state index in [9.17, 15) is 27.7 Å². The number of nitrogens with one attached hydrogen (secondary N) is 1. The highest BCUT2D eigenvalue weighted by Crippen LogP contribution is 2.27. The van der Waals surface area contributed by atoms with E-state index in [0.717, 1.165) is 25.3 Å². The van der Waals surface area contributed by atoms with E-state index >= 15 is 0 Å². The monoisotopic (exact) mass is 320 g/mol. The lowest BCUT2D eigenvalue weighted by atomic mass is 10.1. The molecule has 0 bridgehead atoms. The summed E-state index contributed by atoms with van der Waals surface area (Å²) >= 11 is 0. The van der Waals surface area contributed by atoms with Crippen LogP contribution < -0.4 is 4.72 Å². The van der Waals surface area contributed by atoms with Crippen LogP contribution in [0.3, 0.4) is 0 Å². The molecule has 8 nitrogen and oxygen atoms in total. The van der Waals surface area contributed by atoms with Crippen molar-refractivity contribution in [2.75, 3.05) is 7.11 Å². The highest BCUT2D eigenvalue weighted by molar-refractivity contribution is 7.89. The number of methoxy groups -OCH3 is 1. The molecule has 0 heterocycles. The first-order chi connectivity index (χ1) is 9.53. The maximum atomic E-state index is 13.5. The molecule has 0 spiro atoms. The largest absolute Gasteiger partial charge is 0.468 e. The Labute approximate surface area is 120 Å². The number of nitro benzene ring substituents is 1. The predicted molar refractivity (Wildman–Crippen MR) is 69.5 cm³/mol. The first-order valence-corrected chi connectivity index (χ1v) is 7.06. The van der Waals surface area contributed by atoms with Gasteiger partial charge in [-0.3, -0.25) is 14.9 Å². The molecule has 0 atom stereocenters. The Balaban J connectivity index is 3.37. The third kappa shape index (κ3) is 3.52. The van der Waals surface area contributed by atoms with Crippen molar-refractivity contribution in [2.24, 2.45) is 0 Å². The van der Waals surface area contributed by atoms with Gasteiger partial charge in [-0.1, -0.05) is 6.07 Å². The predicted octanol–water partition coefficient (Wildman–Crippen LogP) is 0.964. The molecule has 0 radical (unpaired) electrons. The van der Waals surface area contributed by atoms with Gasteiger partial charge in [0, 0.05) is 0 Å². The quantitative estimate of drug-likeness (QED) is 0.491. The smallest absolute Gasteiger partial charge is 0.326 e. The van der Waals surface area contributed by atoms with Gasteiger partial charge in [-0.25, -0.2) is 8.42 Å². The topological polar surface area (TPSA) is 116 Å². The molecule has 0 aromatic heterocycles. The minimum absolute atomic E-state index is 0.766. The molecule has 0 amide bonds. The van der Waals surface area contributed by atoms with Gasteiger partial charge in [0.05, 0.1) is 12.0 Å². The summed E-state index contributed by atoms with van der Waals surface area (Å²) in [7, 11) is -3.45. The minimum Gasteiger partial charge on any atom is -0.468 e. The summed E-state index contributed by atoms with van der Waals surface area (Å²) in [6.45, 7) is 2.42. The van der Waals surface area contributed by atoms with Gasteiger partial charge in [0.25, 0.3) is 0 Å². The van der Waals surface area contributed by atoms with E-state index in [4.69, 9.17) is 0 Å². The second-order valence-electron chi connectivity index (χ2n) is 4.57. The molecule has 1 N–H and O–H groups in total. The molecule has 0 fully saturated rings. The SMILES string of the molecule is COC(=O)C(C)(C)NS(=O)(=O)c1cccc(F)c1[N+](=O)[O-]. The second kappa shape index (κ2) is 5.74. The lowest BCUT2D eigenvalue weighted by Gasteiger charge is -2.22. The Morgan fingerprint density at radius 1 is 1.43 bits per heavy atom. The van der Waals surface area contributed by atoms with Gasteiger partial charge in [-0.2, -0.15) is 9.11 Å². The number of esters is 1. The summed E-state index contributed by atoms with van der Waals surface area (Å²) in [5, 5.41) is 10.8. The fourth-order valence-corrected chi connectivity index (χ4v) is 3.13. The highest BCUT2D eigenvalue weighted by Gasteiger charge is 2.38. The lowest BCUT2D eigenvalue weighted by Crippen LogP contribution is -2.50. The van der Waals surface area contributed by atoms with Crippen molar-refractivity contribution in [3.8, 4) is 0 Å². The molecule has 0 aliphatic heterocycles. The molecule has 1 aromatic rings. The average molecular weight is 320 g/mol. The summed E-state index contributed by atoms with van der Waals surface area (Å²) < 4.78 is 44.1. The van der Waals surface area contributed by atoms with Gasteiger partial charge in [0.1, 0.15) is 5.54 Å². The third-order valence-electron chi connectivity index (χ3n) is 2.51. The fraction of sp³-hybridized carbons (Fsp3) is 0.364. The van der Waals surface area contributed by atoms with Crippen molar-refractivity contribution in [3.63, 3.8) is 0 Å². The minimum atomic E-state index is -4.50. The van der Waals surface area contributed by atoms with Crippen LogP contribution in [0.15, 0.2) is 23.1 Å². The van der Waals surface area contributed by atoms with Crippen LogP contribution in [-0.4, -0.2) is 32.0 Å². The van der Waals surface area contributed by atoms with Crippen LogP contribution in [-0.2, 0) is 19.6 Å². The Morgan fingerprint density at radius 3 is 2.48 bits per heavy atom. The van der Waals surface area contributed by atoms with Crippen LogP contribution in [0.25, 0.3) is 0 Å². The van der Waals surface area contributed by atoms with Crippen molar-refractivity contribution >= 4 is 21.7 Å². The van der Waals surface area contributed by atoms with Gasteiger partial charge >= 0.3 is 11.7 Å². The Hall–Kier alpha value is -2.07. The van der Waals surface area contributed by atoms with Gasteiger partial charge in [0.15, 0.2) is 4.90 Å². The summed E-state index contributed by atoms with van der Waals surface area (Å²) in [6, 6.07) is 2.65. The molecule has 1 aromatic carbocycles. The van der Waals surface area contributed by atoms with Crippen LogP contribution in [0.4, 0.5) is 10.1 Å². The van der Waals surface area contributed by atoms with Crippen molar-refractivity contribution in [3.05, 3.63) is 34.1 Å². The zero-order chi connectivity index (χ0) is 16.4. The van der Waals surface area contributed by atoms with E-state index in [0.29, 0.717) is 0 Å². The normalized spacial score (nSPS) is 12.0. The van der Waals surface area contributed by atoms with Crippen molar-refractivity contribution in [1.82, 2.24) is 4.72 Å². The Kier molecular flexibility index (Phi) is 4.64. The van der Waals surface area contributed by atoms with Gasteiger partial charge in [0.2, 0.25) is 15.8 Å². The molecule has 0 aliphatic rings. The first kappa shape index (κ1) is 17.0. The number of sulfonamides is 1. The first-order valence-electron chi connectivity index (χ1n) is 5.58. The summed E-state index contributed by atoms with van der Waals surface area (Å²) in [6.07, 6.45) is 0. The van der Waals surface area contributed by atoms with Gasteiger partial charge in [-0.15, -0.1) is 0 Å². The number of hydrogen-bond acceptors (Lipinski definition) is 6. The zero-order valence-electron chi connectivity index (χ0n) is 11.4. The number of carbonyl (C=O) groups is 1. The van der Waals surface area contributed by atoms with Gasteiger partial charge in [-0.05, 0) is 26.0 Å². The van der Waals surface area contributed by atoms with Crippen molar-refractivity contribution in [2.45, 2.75) is 24.3 Å². The van der Waals surface area contributed by atoms with Crippen LogP contribution in [0.1, 0.15) is 13.8 Å². The molecule has 10 heteroatoms. The maximum Gasteiger partial charge on any atom is 0.326 e. The third-order valence-corrected chi connectivity index (χ3v) is 4.19. The second-order valence-corrected chi connectivity index (χ2v) is 6.22. The molecular formula is C11H13FN2O6S. The molecule has 1 rings (SSSR count). The fourth-order valence-electron chi connectivity index (χ4n) is 1.58. The molecule has 116 valence electrons. The van der Waals surface area contributed by atoms with E-state index in [1.807, 2.05) is 4.72 Å². The Bertz CT molecular complexity index is 686. The molecule has 0 saturated carbocycles. The van der Waals surface area contributed by atoms with E-state index < -0.39 is 42.9 Å². The van der Waals surface area contributed by atoms with E-state index in [1.165, 1.54) is 13.8 Å². The standard InChI is InChI=1S/C11H13FN2O6S/c1-11(2,10(15)20-3)13-21(18,19)8-6-4-5-7(12)9(8)14(16)17/h4-6,13H,1-3H3. The highest BCUT2D eigenvalue weighted by atomic mass is 32.2. The number of carbonyl (C=O) groups excluding carboxylic acids is 1. The number of hydrogen-bond donors (Lipinski definition) is 1. The molecule has 0 saturated heterocycles. The summed E-state index contributed by atoms with van der Waals surface area (Å²) in [5.41, 5.74) is -2.86. The summed E-state index contributed by atoms with van der Waals surface area (Å²) in [5.74, 6) is -2.19. The molecule has 0 aliphatic carbocycles. The van der Waals surface area contributed by atoms with E-state index in [-0.39, 0.29) is 0 Å². The van der Waals surface area contributed by atoms with Gasteiger partial charge < -0.3 is 4.74 Å². The molecule has 21 heavy (non-hydrogen) atoms. The number of nitro groups is 1. The Morgan fingerprint density at radius 2 is 2.00 bits per heavy atom. The molecular weight excluding hydrogens is 307 g/mol. The number of nitrogens with zero attached hydrogens (tertiary/aromatic N) is 1. The van der Waals surface area contributed by atoms with Crippen LogP contribution in [0.2, 0.25) is 0 Å². The number of rotatable bonds is 5. The van der Waals surface area contributed by atoms with Crippen molar-refractivity contribution in [1.29, 1.82) is 0 Å². The number of halogens is 1. The van der Waals surface area contributed by atoms with Crippen LogP contribution in [0.5, 0.6) is 0 Å². The maximum absolute atomic E-state index is 13.5. The number of ether oxygens (including phenoxy) is 1.